The van der Waals surface area contributed by atoms with E-state index in [2.05, 4.69) is 32.9 Å². The van der Waals surface area contributed by atoms with Gasteiger partial charge >= 0.3 is 11.9 Å². The van der Waals surface area contributed by atoms with Crippen molar-refractivity contribution in [1.82, 2.24) is 0 Å². The highest BCUT2D eigenvalue weighted by molar-refractivity contribution is 5.90. The summed E-state index contributed by atoms with van der Waals surface area (Å²) in [6.07, 6.45) is 11.0. The molecule has 2 aromatic rings. The molecule has 0 amide bonds. The number of aryl methyl sites for hydroxylation is 2. The Hall–Kier alpha value is -2.66. The fourth-order valence-electron chi connectivity index (χ4n) is 8.94. The maximum atomic E-state index is 11.9. The number of aliphatic hydroxyl groups is 1. The molecule has 0 spiro atoms. The van der Waals surface area contributed by atoms with Crippen LogP contribution in [0.25, 0.3) is 0 Å². The topological polar surface area (TPSA) is 72.8 Å². The molecule has 6 aliphatic rings. The molecule has 0 saturated heterocycles. The Labute approximate surface area is 239 Å². The smallest absolute Gasteiger partial charge is 0.338 e. The summed E-state index contributed by atoms with van der Waals surface area (Å²) in [6.45, 7) is 11.4. The number of hydrogen-bond acceptors (Lipinski definition) is 5. The average Bonchev–Trinajstić information content (AvgIpc) is 2.84. The van der Waals surface area contributed by atoms with E-state index in [1.165, 1.54) is 54.4 Å². The Morgan fingerprint density at radius 2 is 1.10 bits per heavy atom. The van der Waals surface area contributed by atoms with Crippen LogP contribution in [0.1, 0.15) is 122 Å². The van der Waals surface area contributed by atoms with Gasteiger partial charge in [-0.2, -0.15) is 0 Å². The molecule has 0 heterocycles. The molecule has 5 nitrogen and oxygen atoms in total. The molecule has 4 bridgehead atoms. The summed E-state index contributed by atoms with van der Waals surface area (Å²) in [5, 5.41) is 9.12. The molecule has 0 radical (unpaired) electrons. The first-order valence-electron chi connectivity index (χ1n) is 15.3. The van der Waals surface area contributed by atoms with Crippen LogP contribution in [0.4, 0.5) is 0 Å². The van der Waals surface area contributed by atoms with Gasteiger partial charge in [0.1, 0.15) is 0 Å². The summed E-state index contributed by atoms with van der Waals surface area (Å²) in [6, 6.07) is 12.0. The molecule has 2 aromatic carbocycles. The number of carbonyl (C=O) groups is 2. The van der Waals surface area contributed by atoms with E-state index in [-0.39, 0.29) is 24.0 Å². The highest BCUT2D eigenvalue weighted by Crippen LogP contribution is 2.76. The second-order valence-electron chi connectivity index (χ2n) is 13.3. The van der Waals surface area contributed by atoms with E-state index >= 15 is 0 Å². The summed E-state index contributed by atoms with van der Waals surface area (Å²) in [5.41, 5.74) is 8.32. The fraction of sp³-hybridized carbons (Fsp3) is 0.600. The van der Waals surface area contributed by atoms with Crippen LogP contribution in [0.15, 0.2) is 36.4 Å². The van der Waals surface area contributed by atoms with Gasteiger partial charge < -0.3 is 14.6 Å². The van der Waals surface area contributed by atoms with Gasteiger partial charge in [0.05, 0.1) is 24.3 Å². The number of aliphatic hydroxyl groups excluding tert-OH is 1. The monoisotopic (exact) mass is 546 g/mol. The summed E-state index contributed by atoms with van der Waals surface area (Å²) in [5.74, 6) is -0.422. The van der Waals surface area contributed by atoms with Crippen molar-refractivity contribution < 1.29 is 24.2 Å². The van der Waals surface area contributed by atoms with Crippen molar-refractivity contribution in [2.24, 2.45) is 10.8 Å². The third kappa shape index (κ3) is 4.78. The van der Waals surface area contributed by atoms with Crippen LogP contribution < -0.4 is 0 Å². The Morgan fingerprint density at radius 3 is 1.45 bits per heavy atom. The van der Waals surface area contributed by atoms with Gasteiger partial charge in [0, 0.05) is 6.61 Å². The van der Waals surface area contributed by atoms with Crippen molar-refractivity contribution in [3.8, 4) is 0 Å². The second kappa shape index (κ2) is 10.6. The lowest BCUT2D eigenvalue weighted by atomic mass is 9.32. The van der Waals surface area contributed by atoms with Crippen LogP contribution in [0.2, 0.25) is 0 Å². The van der Waals surface area contributed by atoms with Crippen molar-refractivity contribution in [2.45, 2.75) is 103 Å². The van der Waals surface area contributed by atoms with Crippen molar-refractivity contribution in [3.05, 3.63) is 69.8 Å². The Kier molecular flexibility index (Phi) is 7.67. The minimum Gasteiger partial charge on any atom is -0.462 e. The largest absolute Gasteiger partial charge is 0.462 e. The first-order valence-corrected chi connectivity index (χ1v) is 15.3. The highest BCUT2D eigenvalue weighted by atomic mass is 16.5. The molecule has 0 aromatic heterocycles. The van der Waals surface area contributed by atoms with Gasteiger partial charge in [-0.25, -0.2) is 9.59 Å². The van der Waals surface area contributed by atoms with Gasteiger partial charge in [0.15, 0.2) is 0 Å². The zero-order chi connectivity index (χ0) is 28.8. The lowest BCUT2D eigenvalue weighted by Crippen LogP contribution is -2.64. The van der Waals surface area contributed by atoms with Gasteiger partial charge in [-0.15, -0.1) is 0 Å². The number of esters is 2. The molecular weight excluding hydrogens is 500 g/mol. The van der Waals surface area contributed by atoms with Crippen LogP contribution in [0.3, 0.4) is 0 Å². The van der Waals surface area contributed by atoms with Crippen molar-refractivity contribution >= 4 is 11.9 Å². The summed E-state index contributed by atoms with van der Waals surface area (Å²) < 4.78 is 10.2. The summed E-state index contributed by atoms with van der Waals surface area (Å²) in [4.78, 5) is 23.8. The molecule has 6 saturated carbocycles. The van der Waals surface area contributed by atoms with Crippen molar-refractivity contribution in [2.75, 3.05) is 19.8 Å². The predicted molar refractivity (Wildman–Crippen MR) is 157 cm³/mol. The van der Waals surface area contributed by atoms with E-state index < -0.39 is 0 Å². The second-order valence-corrected chi connectivity index (χ2v) is 13.3. The molecule has 216 valence electrons. The van der Waals surface area contributed by atoms with Gasteiger partial charge in [0.25, 0.3) is 0 Å². The summed E-state index contributed by atoms with van der Waals surface area (Å²) >= 11 is 0. The quantitative estimate of drug-likeness (QED) is 0.315. The third-order valence-electron chi connectivity index (χ3n) is 10.3. The molecule has 6 fully saturated rings. The highest BCUT2D eigenvalue weighted by Gasteiger charge is 2.68. The molecule has 40 heavy (non-hydrogen) atoms. The predicted octanol–water partition coefficient (Wildman–Crippen LogP) is 7.37. The number of benzene rings is 2. The van der Waals surface area contributed by atoms with Crippen LogP contribution in [0.5, 0.6) is 0 Å². The molecule has 8 rings (SSSR count). The molecule has 0 atom stereocenters. The molecule has 5 heteroatoms. The molecule has 6 aliphatic carbocycles. The zero-order valence-electron chi connectivity index (χ0n) is 25.0. The van der Waals surface area contributed by atoms with E-state index in [9.17, 15) is 9.59 Å². The standard InChI is InChI=1S/C18H24O2.C17H22O3/c1-4-8-17-10-18(11-17,12-17)15-9-14(7-6-13(15)3)16(19)20-5-2;1-3-20-15(19)13-5-4-12(2)14(8-13)17-9-16(10-17,11-17)6-7-18/h6-7,9H,4-5,8,10-12H2,1-3H3;4-5,8,18H,3,6-7,9-11H2,1-2H3. The number of rotatable bonds is 10. The Bertz CT molecular complexity index is 1150. The minimum absolute atomic E-state index is 0.191. The molecular formula is C35H46O5. The first-order chi connectivity index (χ1) is 19.1. The van der Waals surface area contributed by atoms with Crippen molar-refractivity contribution in [3.63, 3.8) is 0 Å². The SMILES string of the molecule is CCCC12CC(c3cc(C(=O)OCC)ccc3C)(C1)C2.CCOC(=O)c1ccc(C)c(C23CC(CCO)(C2)C3)c1. The maximum absolute atomic E-state index is 11.9. The van der Waals surface area contributed by atoms with E-state index in [1.54, 1.807) is 0 Å². The summed E-state index contributed by atoms with van der Waals surface area (Å²) in [7, 11) is 0. The Morgan fingerprint density at radius 1 is 0.700 bits per heavy atom. The number of hydrogen-bond donors (Lipinski definition) is 1. The van der Waals surface area contributed by atoms with Gasteiger partial charge in [-0.3, -0.25) is 0 Å². The third-order valence-corrected chi connectivity index (χ3v) is 10.3. The maximum Gasteiger partial charge on any atom is 0.338 e. The normalized spacial score (nSPS) is 30.4. The van der Waals surface area contributed by atoms with E-state index in [0.717, 1.165) is 25.7 Å². The van der Waals surface area contributed by atoms with Gasteiger partial charge in [-0.05, 0) is 147 Å². The van der Waals surface area contributed by atoms with Crippen molar-refractivity contribution in [1.29, 1.82) is 0 Å². The minimum atomic E-state index is -0.231. The average molecular weight is 547 g/mol. The van der Waals surface area contributed by atoms with Crippen LogP contribution in [-0.2, 0) is 20.3 Å². The van der Waals surface area contributed by atoms with Crippen LogP contribution in [0, 0.1) is 24.7 Å². The lowest BCUT2D eigenvalue weighted by Gasteiger charge is -2.72. The molecule has 0 aliphatic heterocycles. The first kappa shape index (κ1) is 28.9. The lowest BCUT2D eigenvalue weighted by molar-refractivity contribution is -0.152. The van der Waals surface area contributed by atoms with Gasteiger partial charge in [-0.1, -0.05) is 25.5 Å². The molecule has 1 N–H and O–H groups in total. The zero-order valence-corrected chi connectivity index (χ0v) is 25.0. The fourth-order valence-corrected chi connectivity index (χ4v) is 8.94. The number of ether oxygens (including phenoxy) is 2. The number of carbonyl (C=O) groups excluding carboxylic acids is 2. The molecule has 0 unspecified atom stereocenters. The van der Waals surface area contributed by atoms with Gasteiger partial charge in [0.2, 0.25) is 0 Å². The van der Waals surface area contributed by atoms with Crippen LogP contribution >= 0.6 is 0 Å². The van der Waals surface area contributed by atoms with E-state index in [1.807, 2.05) is 38.1 Å². The van der Waals surface area contributed by atoms with E-state index in [4.69, 9.17) is 14.6 Å². The van der Waals surface area contributed by atoms with E-state index in [0.29, 0.717) is 40.6 Å². The van der Waals surface area contributed by atoms with Crippen LogP contribution in [-0.4, -0.2) is 36.9 Å². The Balaban J connectivity index is 0.000000161.